The number of rotatable bonds is 5. The molecule has 10 heteroatoms. The minimum Gasteiger partial charge on any atom is -0.486 e. The van der Waals surface area contributed by atoms with Crippen molar-refractivity contribution in [1.29, 1.82) is 0 Å². The summed E-state index contributed by atoms with van der Waals surface area (Å²) in [5, 5.41) is 0. The topological polar surface area (TPSA) is 112 Å². The SMILES string of the molecule is O=C(NNC(=O)c1cc(F)cc2[nH]c(=S)[nH]c12)c1ccc(COc2ccccc2)o1. The van der Waals surface area contributed by atoms with Crippen LogP contribution in [-0.4, -0.2) is 21.8 Å². The summed E-state index contributed by atoms with van der Waals surface area (Å²) in [7, 11) is 0. The van der Waals surface area contributed by atoms with Gasteiger partial charge < -0.3 is 19.1 Å². The Morgan fingerprint density at radius 3 is 2.60 bits per heavy atom. The third kappa shape index (κ3) is 4.23. The largest absolute Gasteiger partial charge is 0.486 e. The molecule has 2 amide bonds. The van der Waals surface area contributed by atoms with Crippen molar-refractivity contribution in [1.82, 2.24) is 20.8 Å². The number of ether oxygens (including phenoxy) is 1. The molecule has 0 atom stereocenters. The van der Waals surface area contributed by atoms with Crippen LogP contribution < -0.4 is 15.6 Å². The molecule has 2 aromatic heterocycles. The second kappa shape index (κ2) is 8.21. The molecule has 2 heterocycles. The lowest BCUT2D eigenvalue weighted by molar-refractivity contribution is 0.0829. The van der Waals surface area contributed by atoms with Gasteiger partial charge in [-0.05, 0) is 48.6 Å². The molecule has 30 heavy (non-hydrogen) atoms. The number of aromatic nitrogens is 2. The highest BCUT2D eigenvalue weighted by Crippen LogP contribution is 2.18. The number of furan rings is 1. The normalized spacial score (nSPS) is 10.7. The van der Waals surface area contributed by atoms with Crippen LogP contribution in [0, 0.1) is 10.6 Å². The molecule has 4 aromatic rings. The monoisotopic (exact) mass is 426 g/mol. The Morgan fingerprint density at radius 1 is 1.03 bits per heavy atom. The summed E-state index contributed by atoms with van der Waals surface area (Å²) in [6.07, 6.45) is 0. The van der Waals surface area contributed by atoms with Gasteiger partial charge in [0.1, 0.15) is 23.9 Å². The van der Waals surface area contributed by atoms with Crippen molar-refractivity contribution in [2.24, 2.45) is 0 Å². The average Bonchev–Trinajstić information content (AvgIpc) is 3.36. The minimum absolute atomic E-state index is 0.0194. The molecule has 0 aliphatic carbocycles. The van der Waals surface area contributed by atoms with Gasteiger partial charge in [0.05, 0.1) is 16.6 Å². The Hall–Kier alpha value is -3.92. The van der Waals surface area contributed by atoms with Crippen molar-refractivity contribution in [2.75, 3.05) is 0 Å². The van der Waals surface area contributed by atoms with E-state index in [1.807, 2.05) is 18.2 Å². The first-order chi connectivity index (χ1) is 14.5. The molecule has 0 unspecified atom stereocenters. The van der Waals surface area contributed by atoms with E-state index in [0.29, 0.717) is 22.5 Å². The van der Waals surface area contributed by atoms with Crippen LogP contribution in [0.3, 0.4) is 0 Å². The van der Waals surface area contributed by atoms with Gasteiger partial charge in [-0.3, -0.25) is 20.4 Å². The summed E-state index contributed by atoms with van der Waals surface area (Å²) < 4.78 is 25.0. The first-order valence-electron chi connectivity index (χ1n) is 8.78. The number of aromatic amines is 2. The van der Waals surface area contributed by atoms with Gasteiger partial charge in [-0.1, -0.05) is 18.2 Å². The second-order valence-electron chi connectivity index (χ2n) is 6.23. The van der Waals surface area contributed by atoms with Crippen molar-refractivity contribution in [2.45, 2.75) is 6.61 Å². The standard InChI is InChI=1S/C20H15FN4O4S/c21-11-8-14(17-15(9-11)22-20(30)23-17)18(26)24-25-19(27)16-7-6-13(29-16)10-28-12-4-2-1-3-5-12/h1-9H,10H2,(H,24,26)(H,25,27)(H2,22,23,30). The van der Waals surface area contributed by atoms with E-state index in [1.165, 1.54) is 12.1 Å². The highest BCUT2D eigenvalue weighted by molar-refractivity contribution is 7.71. The Morgan fingerprint density at radius 2 is 1.80 bits per heavy atom. The number of benzene rings is 2. The first-order valence-corrected chi connectivity index (χ1v) is 9.19. The number of hydrazine groups is 1. The molecule has 0 radical (unpaired) electrons. The predicted octanol–water partition coefficient (Wildman–Crippen LogP) is 3.61. The van der Waals surface area contributed by atoms with Crippen LogP contribution in [-0.2, 0) is 6.61 Å². The second-order valence-corrected chi connectivity index (χ2v) is 6.64. The highest BCUT2D eigenvalue weighted by Gasteiger charge is 2.17. The number of hydrogen-bond acceptors (Lipinski definition) is 5. The average molecular weight is 426 g/mol. The van der Waals surface area contributed by atoms with Crippen LogP contribution in [0.2, 0.25) is 0 Å². The predicted molar refractivity (Wildman–Crippen MR) is 108 cm³/mol. The maximum atomic E-state index is 13.8. The van der Waals surface area contributed by atoms with Crippen LogP contribution in [0.5, 0.6) is 5.75 Å². The fourth-order valence-corrected chi connectivity index (χ4v) is 2.99. The number of halogens is 1. The van der Waals surface area contributed by atoms with Crippen molar-refractivity contribution >= 4 is 35.1 Å². The number of carbonyl (C=O) groups is 2. The number of nitrogens with one attached hydrogen (secondary N) is 4. The summed E-state index contributed by atoms with van der Waals surface area (Å²) in [5.41, 5.74) is 5.10. The molecule has 0 fully saturated rings. The maximum absolute atomic E-state index is 13.8. The molecule has 0 spiro atoms. The van der Waals surface area contributed by atoms with E-state index in [0.717, 1.165) is 6.07 Å². The van der Waals surface area contributed by atoms with Crippen molar-refractivity contribution in [3.63, 3.8) is 0 Å². The summed E-state index contributed by atoms with van der Waals surface area (Å²) >= 11 is 4.97. The molecule has 0 aliphatic rings. The van der Waals surface area contributed by atoms with Gasteiger partial charge >= 0.3 is 5.91 Å². The van der Waals surface area contributed by atoms with Crippen LogP contribution in [0.25, 0.3) is 11.0 Å². The van der Waals surface area contributed by atoms with Gasteiger partial charge in [0, 0.05) is 0 Å². The number of amides is 2. The molecular formula is C20H15FN4O4S. The molecule has 4 N–H and O–H groups in total. The fourth-order valence-electron chi connectivity index (χ4n) is 2.78. The Labute approximate surface area is 174 Å². The van der Waals surface area contributed by atoms with Gasteiger partial charge in [-0.15, -0.1) is 0 Å². The number of imidazole rings is 1. The van der Waals surface area contributed by atoms with Crippen LogP contribution in [0.4, 0.5) is 4.39 Å². The third-order valence-corrected chi connectivity index (χ3v) is 4.34. The lowest BCUT2D eigenvalue weighted by Crippen LogP contribution is -2.41. The summed E-state index contributed by atoms with van der Waals surface area (Å²) in [5.74, 6) is -0.952. The van der Waals surface area contributed by atoms with Crippen molar-refractivity contribution < 1.29 is 23.1 Å². The van der Waals surface area contributed by atoms with Crippen LogP contribution in [0.15, 0.2) is 59.0 Å². The molecule has 2 aromatic carbocycles. The van der Waals surface area contributed by atoms with E-state index in [2.05, 4.69) is 20.8 Å². The van der Waals surface area contributed by atoms with E-state index in [9.17, 15) is 14.0 Å². The van der Waals surface area contributed by atoms with E-state index in [-0.39, 0.29) is 22.7 Å². The van der Waals surface area contributed by atoms with Crippen LogP contribution >= 0.6 is 12.2 Å². The summed E-state index contributed by atoms with van der Waals surface area (Å²) in [4.78, 5) is 30.2. The van der Waals surface area contributed by atoms with E-state index < -0.39 is 17.6 Å². The fraction of sp³-hybridized carbons (Fsp3) is 0.0500. The van der Waals surface area contributed by atoms with Crippen molar-refractivity contribution in [3.8, 4) is 5.75 Å². The molecule has 152 valence electrons. The summed E-state index contributed by atoms with van der Waals surface area (Å²) in [6.45, 7) is 0.137. The van der Waals surface area contributed by atoms with Crippen LogP contribution in [0.1, 0.15) is 26.7 Å². The smallest absolute Gasteiger partial charge is 0.305 e. The minimum atomic E-state index is -0.725. The van der Waals surface area contributed by atoms with Crippen molar-refractivity contribution in [3.05, 3.63) is 82.3 Å². The number of fused-ring (bicyclic) bond motifs is 1. The Kier molecular flexibility index (Phi) is 5.31. The van der Waals surface area contributed by atoms with Gasteiger partial charge in [0.15, 0.2) is 10.5 Å². The summed E-state index contributed by atoms with van der Waals surface area (Å²) in [6, 6.07) is 14.4. The number of carbonyl (C=O) groups excluding carboxylic acids is 2. The van der Waals surface area contributed by atoms with Gasteiger partial charge in [-0.2, -0.15) is 0 Å². The number of hydrogen-bond donors (Lipinski definition) is 4. The van der Waals surface area contributed by atoms with Gasteiger partial charge in [-0.25, -0.2) is 4.39 Å². The highest BCUT2D eigenvalue weighted by atomic mass is 32.1. The zero-order valence-electron chi connectivity index (χ0n) is 15.3. The third-order valence-electron chi connectivity index (χ3n) is 4.13. The first kappa shape index (κ1) is 19.4. The van der Waals surface area contributed by atoms with E-state index >= 15 is 0 Å². The molecule has 0 saturated carbocycles. The Bertz CT molecular complexity index is 1280. The van der Waals surface area contributed by atoms with E-state index in [1.54, 1.807) is 18.2 Å². The molecule has 4 rings (SSSR count). The van der Waals surface area contributed by atoms with E-state index in [4.69, 9.17) is 21.4 Å². The quantitative estimate of drug-likeness (QED) is 0.288. The number of H-pyrrole nitrogens is 2. The zero-order valence-corrected chi connectivity index (χ0v) is 16.1. The molecule has 0 bridgehead atoms. The van der Waals surface area contributed by atoms with Gasteiger partial charge in [0.2, 0.25) is 0 Å². The zero-order chi connectivity index (χ0) is 21.1. The molecule has 0 aliphatic heterocycles. The molecular weight excluding hydrogens is 411 g/mol. The lowest BCUT2D eigenvalue weighted by atomic mass is 10.1. The maximum Gasteiger partial charge on any atom is 0.305 e. The Balaban J connectivity index is 1.39. The molecule has 0 saturated heterocycles. The molecule has 8 nitrogen and oxygen atoms in total. The number of para-hydroxylation sites is 1. The van der Waals surface area contributed by atoms with Gasteiger partial charge in [0.25, 0.3) is 5.91 Å². The lowest BCUT2D eigenvalue weighted by Gasteiger charge is -2.07.